The van der Waals surface area contributed by atoms with Gasteiger partial charge in [0.15, 0.2) is 0 Å². The van der Waals surface area contributed by atoms with Crippen LogP contribution in [0.4, 0.5) is 0 Å². The van der Waals surface area contributed by atoms with E-state index in [1.54, 1.807) is 0 Å². The molecule has 2 nitrogen and oxygen atoms in total. The predicted molar refractivity (Wildman–Crippen MR) is 81.4 cm³/mol. The minimum atomic E-state index is 0.598. The van der Waals surface area contributed by atoms with E-state index >= 15 is 0 Å². The molecule has 1 unspecified atom stereocenters. The fourth-order valence-corrected chi connectivity index (χ4v) is 3.05. The Morgan fingerprint density at radius 2 is 1.94 bits per heavy atom. The number of nitrogens with one attached hydrogen (secondary N) is 1. The number of hydrogen-bond acceptors (Lipinski definition) is 3. The van der Waals surface area contributed by atoms with Gasteiger partial charge in [-0.05, 0) is 31.7 Å². The smallest absolute Gasteiger partial charge is 0.0959 e. The third kappa shape index (κ3) is 4.69. The van der Waals surface area contributed by atoms with Crippen LogP contribution in [0.15, 0.2) is 0 Å². The SMILES string of the molecule is CCCNCc1sc(C(C)CC)nc1CC(C)C. The summed E-state index contributed by atoms with van der Waals surface area (Å²) in [6.07, 6.45) is 3.48. The Labute approximate surface area is 116 Å². The van der Waals surface area contributed by atoms with E-state index < -0.39 is 0 Å². The lowest BCUT2D eigenvalue weighted by molar-refractivity contribution is 0.618. The number of hydrogen-bond donors (Lipinski definition) is 1. The first kappa shape index (κ1) is 15.6. The van der Waals surface area contributed by atoms with Crippen molar-refractivity contribution >= 4 is 11.3 Å². The van der Waals surface area contributed by atoms with Gasteiger partial charge in [-0.2, -0.15) is 0 Å². The van der Waals surface area contributed by atoms with Gasteiger partial charge in [-0.1, -0.05) is 34.6 Å². The molecule has 0 saturated carbocycles. The molecule has 0 radical (unpaired) electrons. The van der Waals surface area contributed by atoms with E-state index in [2.05, 4.69) is 39.9 Å². The van der Waals surface area contributed by atoms with E-state index in [4.69, 9.17) is 4.98 Å². The number of nitrogens with zero attached hydrogens (tertiary/aromatic N) is 1. The minimum absolute atomic E-state index is 0.598. The summed E-state index contributed by atoms with van der Waals surface area (Å²) in [5.41, 5.74) is 1.33. The first-order valence-corrected chi connectivity index (χ1v) is 8.09. The highest BCUT2D eigenvalue weighted by molar-refractivity contribution is 7.11. The van der Waals surface area contributed by atoms with Gasteiger partial charge in [0.25, 0.3) is 0 Å². The van der Waals surface area contributed by atoms with Crippen molar-refractivity contribution in [3.05, 3.63) is 15.6 Å². The molecule has 1 heterocycles. The summed E-state index contributed by atoms with van der Waals surface area (Å²) in [5.74, 6) is 1.28. The molecule has 18 heavy (non-hydrogen) atoms. The first-order chi connectivity index (χ1) is 8.58. The van der Waals surface area contributed by atoms with Crippen LogP contribution in [0, 0.1) is 5.92 Å². The van der Waals surface area contributed by atoms with Crippen molar-refractivity contribution < 1.29 is 0 Å². The van der Waals surface area contributed by atoms with Crippen LogP contribution in [0.2, 0.25) is 0 Å². The average molecular weight is 268 g/mol. The molecule has 1 aromatic rings. The minimum Gasteiger partial charge on any atom is -0.312 e. The van der Waals surface area contributed by atoms with Crippen molar-refractivity contribution in [3.8, 4) is 0 Å². The molecule has 104 valence electrons. The highest BCUT2D eigenvalue weighted by Crippen LogP contribution is 2.28. The molecule has 0 aliphatic heterocycles. The molecule has 0 aromatic carbocycles. The van der Waals surface area contributed by atoms with E-state index in [-0.39, 0.29) is 0 Å². The Bertz CT molecular complexity index is 344. The number of aromatic nitrogens is 1. The Morgan fingerprint density at radius 3 is 2.50 bits per heavy atom. The molecule has 0 fully saturated rings. The summed E-state index contributed by atoms with van der Waals surface area (Å²) in [4.78, 5) is 6.33. The van der Waals surface area contributed by atoms with Crippen molar-refractivity contribution in [1.82, 2.24) is 10.3 Å². The van der Waals surface area contributed by atoms with Crippen LogP contribution < -0.4 is 5.32 Å². The molecule has 0 aliphatic rings. The normalized spacial score (nSPS) is 13.2. The molecule has 0 saturated heterocycles. The van der Waals surface area contributed by atoms with Crippen molar-refractivity contribution in [1.29, 1.82) is 0 Å². The van der Waals surface area contributed by atoms with Crippen LogP contribution in [0.3, 0.4) is 0 Å². The van der Waals surface area contributed by atoms with Gasteiger partial charge in [0.2, 0.25) is 0 Å². The third-order valence-electron chi connectivity index (χ3n) is 3.14. The highest BCUT2D eigenvalue weighted by atomic mass is 32.1. The van der Waals surface area contributed by atoms with Crippen LogP contribution in [-0.2, 0) is 13.0 Å². The summed E-state index contributed by atoms with van der Waals surface area (Å²) in [6.45, 7) is 13.3. The quantitative estimate of drug-likeness (QED) is 0.709. The number of rotatable bonds is 8. The molecule has 0 bridgehead atoms. The van der Waals surface area contributed by atoms with Crippen molar-refractivity contribution in [2.24, 2.45) is 5.92 Å². The second-order valence-corrected chi connectivity index (χ2v) is 6.62. The summed E-state index contributed by atoms with van der Waals surface area (Å²) < 4.78 is 0. The molecular weight excluding hydrogens is 240 g/mol. The van der Waals surface area contributed by atoms with E-state index in [1.165, 1.54) is 28.4 Å². The van der Waals surface area contributed by atoms with Crippen LogP contribution in [0.1, 0.15) is 69.0 Å². The number of thiazole rings is 1. The van der Waals surface area contributed by atoms with Crippen LogP contribution in [0.5, 0.6) is 0 Å². The average Bonchev–Trinajstić information content (AvgIpc) is 2.71. The Balaban J connectivity index is 2.79. The molecule has 3 heteroatoms. The van der Waals surface area contributed by atoms with Gasteiger partial charge in [-0.15, -0.1) is 11.3 Å². The lowest BCUT2D eigenvalue weighted by Crippen LogP contribution is -2.14. The molecule has 1 N–H and O–H groups in total. The van der Waals surface area contributed by atoms with Gasteiger partial charge in [-0.3, -0.25) is 0 Å². The Morgan fingerprint density at radius 1 is 1.22 bits per heavy atom. The fraction of sp³-hybridized carbons (Fsp3) is 0.800. The Kier molecular flexibility index (Phi) is 6.87. The maximum atomic E-state index is 4.88. The molecule has 1 atom stereocenters. The van der Waals surface area contributed by atoms with Gasteiger partial charge in [0, 0.05) is 17.3 Å². The summed E-state index contributed by atoms with van der Waals surface area (Å²) >= 11 is 1.91. The summed E-state index contributed by atoms with van der Waals surface area (Å²) in [7, 11) is 0. The van der Waals surface area contributed by atoms with Crippen LogP contribution in [-0.4, -0.2) is 11.5 Å². The van der Waals surface area contributed by atoms with Crippen LogP contribution >= 0.6 is 11.3 Å². The van der Waals surface area contributed by atoms with E-state index in [1.807, 2.05) is 11.3 Å². The fourth-order valence-electron chi connectivity index (χ4n) is 1.85. The zero-order valence-electron chi connectivity index (χ0n) is 12.5. The van der Waals surface area contributed by atoms with Crippen molar-refractivity contribution in [3.63, 3.8) is 0 Å². The lowest BCUT2D eigenvalue weighted by atomic mass is 10.1. The molecule has 0 aliphatic carbocycles. The van der Waals surface area contributed by atoms with Crippen LogP contribution in [0.25, 0.3) is 0 Å². The van der Waals surface area contributed by atoms with Gasteiger partial charge in [0.05, 0.1) is 10.7 Å². The lowest BCUT2D eigenvalue weighted by Gasteiger charge is -2.05. The van der Waals surface area contributed by atoms with E-state index in [0.717, 1.165) is 19.5 Å². The standard InChI is InChI=1S/C15H28N2S/c1-6-8-16-10-14-13(9-11(3)4)17-15(18-14)12(5)7-2/h11-12,16H,6-10H2,1-5H3. The monoisotopic (exact) mass is 268 g/mol. The van der Waals surface area contributed by atoms with Gasteiger partial charge in [0.1, 0.15) is 0 Å². The van der Waals surface area contributed by atoms with Gasteiger partial charge in [-0.25, -0.2) is 4.98 Å². The molecule has 0 spiro atoms. The molecule has 0 amide bonds. The Hall–Kier alpha value is -0.410. The molecule has 1 aromatic heterocycles. The molecule has 1 rings (SSSR count). The predicted octanol–water partition coefficient (Wildman–Crippen LogP) is 4.35. The zero-order chi connectivity index (χ0) is 13.5. The second-order valence-electron chi connectivity index (χ2n) is 5.51. The molecular formula is C15H28N2S. The largest absolute Gasteiger partial charge is 0.312 e. The van der Waals surface area contributed by atoms with Gasteiger partial charge < -0.3 is 5.32 Å². The summed E-state index contributed by atoms with van der Waals surface area (Å²) in [5, 5.41) is 4.83. The summed E-state index contributed by atoms with van der Waals surface area (Å²) in [6, 6.07) is 0. The second kappa shape index (κ2) is 7.90. The van der Waals surface area contributed by atoms with Gasteiger partial charge >= 0.3 is 0 Å². The van der Waals surface area contributed by atoms with E-state index in [0.29, 0.717) is 11.8 Å². The zero-order valence-corrected chi connectivity index (χ0v) is 13.4. The maximum absolute atomic E-state index is 4.88. The van der Waals surface area contributed by atoms with Crippen molar-refractivity contribution in [2.45, 2.75) is 66.3 Å². The maximum Gasteiger partial charge on any atom is 0.0959 e. The topological polar surface area (TPSA) is 24.9 Å². The third-order valence-corrected chi connectivity index (χ3v) is 4.47. The highest BCUT2D eigenvalue weighted by Gasteiger charge is 2.15. The first-order valence-electron chi connectivity index (χ1n) is 7.27. The van der Waals surface area contributed by atoms with E-state index in [9.17, 15) is 0 Å². The van der Waals surface area contributed by atoms with Crippen molar-refractivity contribution in [2.75, 3.05) is 6.54 Å².